The number of hydrogen-bond acceptors (Lipinski definition) is 1. The van der Waals surface area contributed by atoms with Crippen molar-refractivity contribution in [3.05, 3.63) is 70.9 Å². The average molecular weight is 325 g/mol. The van der Waals surface area contributed by atoms with Crippen molar-refractivity contribution in [2.24, 2.45) is 5.41 Å². The second-order valence-electron chi connectivity index (χ2n) is 7.42. The van der Waals surface area contributed by atoms with E-state index in [1.165, 1.54) is 36.0 Å². The fourth-order valence-corrected chi connectivity index (χ4v) is 3.02. The molecular formula is C23H32O. The lowest BCUT2D eigenvalue weighted by atomic mass is 9.72. The Labute approximate surface area is 148 Å². The summed E-state index contributed by atoms with van der Waals surface area (Å²) in [6.45, 7) is 12.7. The van der Waals surface area contributed by atoms with Crippen molar-refractivity contribution in [1.82, 2.24) is 0 Å². The molecule has 0 fully saturated rings. The number of hydrogen-bond donors (Lipinski definition) is 0. The molecule has 0 unspecified atom stereocenters. The first-order valence-corrected chi connectivity index (χ1v) is 8.81. The quantitative estimate of drug-likeness (QED) is 0.394. The Bertz CT molecular complexity index is 631. The summed E-state index contributed by atoms with van der Waals surface area (Å²) >= 11 is 0. The largest absolute Gasteiger partial charge is 0.295 e. The van der Waals surface area contributed by atoms with Gasteiger partial charge < -0.3 is 0 Å². The zero-order valence-electron chi connectivity index (χ0n) is 16.1. The Kier molecular flexibility index (Phi) is 7.91. The molecule has 1 nitrogen and oxygen atoms in total. The van der Waals surface area contributed by atoms with Gasteiger partial charge in [-0.15, -0.1) is 0 Å². The number of rotatable bonds is 6. The molecule has 0 N–H and O–H groups in total. The number of carbonyl (C=O) groups excluding carboxylic acids is 1. The van der Waals surface area contributed by atoms with Gasteiger partial charge in [-0.3, -0.25) is 4.79 Å². The molecule has 0 radical (unpaired) electrons. The van der Waals surface area contributed by atoms with Gasteiger partial charge in [0, 0.05) is 0 Å². The number of allylic oxidation sites excluding steroid dienone is 12. The van der Waals surface area contributed by atoms with Crippen molar-refractivity contribution < 1.29 is 4.79 Å². The third-order valence-corrected chi connectivity index (χ3v) is 4.46. The first kappa shape index (κ1) is 20.2. The van der Waals surface area contributed by atoms with Gasteiger partial charge in [-0.1, -0.05) is 73.1 Å². The van der Waals surface area contributed by atoms with Crippen LogP contribution in [0.15, 0.2) is 70.9 Å². The average Bonchev–Trinajstić information content (AvgIpc) is 2.45. The lowest BCUT2D eigenvalue weighted by Crippen LogP contribution is -2.19. The second kappa shape index (κ2) is 9.42. The van der Waals surface area contributed by atoms with E-state index in [0.717, 1.165) is 5.57 Å². The van der Waals surface area contributed by atoms with Crippen molar-refractivity contribution in [2.45, 2.75) is 60.8 Å². The van der Waals surface area contributed by atoms with Crippen LogP contribution in [0, 0.1) is 5.41 Å². The fraction of sp³-hybridized carbons (Fsp3) is 0.435. The lowest BCUT2D eigenvalue weighted by Gasteiger charge is -2.32. The van der Waals surface area contributed by atoms with Crippen molar-refractivity contribution in [1.29, 1.82) is 0 Å². The van der Waals surface area contributed by atoms with Gasteiger partial charge in [-0.25, -0.2) is 0 Å². The molecule has 0 aromatic rings. The zero-order valence-corrected chi connectivity index (χ0v) is 16.1. The van der Waals surface area contributed by atoms with Gasteiger partial charge in [0.2, 0.25) is 0 Å². The van der Waals surface area contributed by atoms with Crippen LogP contribution in [0.1, 0.15) is 60.8 Å². The predicted molar refractivity (Wildman–Crippen MR) is 106 cm³/mol. The van der Waals surface area contributed by atoms with Gasteiger partial charge in [0.05, 0.1) is 0 Å². The number of carbonyl (C=O) groups is 1. The van der Waals surface area contributed by atoms with Crippen LogP contribution < -0.4 is 0 Å². The molecule has 0 aliphatic heterocycles. The topological polar surface area (TPSA) is 17.1 Å². The van der Waals surface area contributed by atoms with Crippen molar-refractivity contribution in [3.63, 3.8) is 0 Å². The van der Waals surface area contributed by atoms with Crippen LogP contribution in [0.3, 0.4) is 0 Å². The molecule has 0 aromatic carbocycles. The molecule has 0 aromatic heterocycles. The molecule has 0 heterocycles. The summed E-state index contributed by atoms with van der Waals surface area (Å²) in [5.41, 5.74) is 5.67. The maximum atomic E-state index is 10.8. The summed E-state index contributed by atoms with van der Waals surface area (Å²) in [7, 11) is 0. The molecule has 1 rings (SSSR count). The van der Waals surface area contributed by atoms with Crippen LogP contribution in [-0.4, -0.2) is 5.78 Å². The Morgan fingerprint density at radius 2 is 1.54 bits per heavy atom. The molecule has 24 heavy (non-hydrogen) atoms. The SMILES string of the molecule is CC(=O)/C=C/C=C(C)/C=C/C=C(C)/C=C/C1=C(C)CCCC1(C)C. The van der Waals surface area contributed by atoms with Gasteiger partial charge in [0.1, 0.15) is 0 Å². The highest BCUT2D eigenvalue weighted by Gasteiger charge is 2.26. The first-order valence-electron chi connectivity index (χ1n) is 8.81. The molecule has 1 aliphatic rings. The molecule has 130 valence electrons. The fourth-order valence-electron chi connectivity index (χ4n) is 3.02. The van der Waals surface area contributed by atoms with E-state index in [0.29, 0.717) is 0 Å². The van der Waals surface area contributed by atoms with Crippen molar-refractivity contribution in [3.8, 4) is 0 Å². The summed E-state index contributed by atoms with van der Waals surface area (Å²) in [6.07, 6.45) is 19.8. The van der Waals surface area contributed by atoms with Gasteiger partial charge in [0.15, 0.2) is 5.78 Å². The van der Waals surface area contributed by atoms with Crippen LogP contribution in [0.4, 0.5) is 0 Å². The van der Waals surface area contributed by atoms with Crippen LogP contribution in [0.2, 0.25) is 0 Å². The van der Waals surface area contributed by atoms with E-state index in [1.54, 1.807) is 19.1 Å². The lowest BCUT2D eigenvalue weighted by molar-refractivity contribution is -0.112. The van der Waals surface area contributed by atoms with Gasteiger partial charge >= 0.3 is 0 Å². The van der Waals surface area contributed by atoms with Crippen LogP contribution >= 0.6 is 0 Å². The van der Waals surface area contributed by atoms with E-state index in [2.05, 4.69) is 58.1 Å². The normalized spacial score (nSPS) is 19.9. The Morgan fingerprint density at radius 3 is 2.12 bits per heavy atom. The molecular weight excluding hydrogens is 292 g/mol. The number of ketones is 1. The Hall–Kier alpha value is -1.89. The second-order valence-corrected chi connectivity index (χ2v) is 7.42. The van der Waals surface area contributed by atoms with Gasteiger partial charge in [-0.05, 0) is 64.0 Å². The van der Waals surface area contributed by atoms with Crippen molar-refractivity contribution in [2.75, 3.05) is 0 Å². The van der Waals surface area contributed by atoms with E-state index in [9.17, 15) is 4.79 Å². The summed E-state index contributed by atoms with van der Waals surface area (Å²) < 4.78 is 0. The third-order valence-electron chi connectivity index (χ3n) is 4.46. The van der Waals surface area contributed by atoms with E-state index in [4.69, 9.17) is 0 Å². The molecule has 0 amide bonds. The predicted octanol–water partition coefficient (Wildman–Crippen LogP) is 6.66. The molecule has 1 aliphatic carbocycles. The maximum absolute atomic E-state index is 10.8. The standard InChI is InChI=1S/C23H32O/c1-18(12-8-14-21(4)24)10-7-11-19(2)15-16-22-20(3)13-9-17-23(22,5)6/h7-8,10-12,14-16H,9,13,17H2,1-6H3/b10-7+,14-8+,16-15+,18-12+,19-11+. The molecule has 1 heteroatoms. The minimum atomic E-state index is 0.0687. The highest BCUT2D eigenvalue weighted by Crippen LogP contribution is 2.40. The van der Waals surface area contributed by atoms with Crippen molar-refractivity contribution >= 4 is 5.78 Å². The minimum Gasteiger partial charge on any atom is -0.295 e. The monoisotopic (exact) mass is 324 g/mol. The summed E-state index contributed by atoms with van der Waals surface area (Å²) in [4.78, 5) is 10.8. The molecule has 0 atom stereocenters. The summed E-state index contributed by atoms with van der Waals surface area (Å²) in [6, 6.07) is 0. The van der Waals surface area contributed by atoms with E-state index in [-0.39, 0.29) is 11.2 Å². The highest BCUT2D eigenvalue weighted by atomic mass is 16.1. The molecule has 0 saturated carbocycles. The van der Waals surface area contributed by atoms with Gasteiger partial charge in [0.25, 0.3) is 0 Å². The summed E-state index contributed by atoms with van der Waals surface area (Å²) in [5.74, 6) is 0.0687. The maximum Gasteiger partial charge on any atom is 0.152 e. The first-order chi connectivity index (χ1) is 11.2. The summed E-state index contributed by atoms with van der Waals surface area (Å²) in [5, 5.41) is 0. The minimum absolute atomic E-state index is 0.0687. The smallest absolute Gasteiger partial charge is 0.152 e. The highest BCUT2D eigenvalue weighted by molar-refractivity contribution is 5.87. The Balaban J connectivity index is 2.73. The Morgan fingerprint density at radius 1 is 0.958 bits per heavy atom. The molecule has 0 bridgehead atoms. The molecule has 0 spiro atoms. The molecule has 0 saturated heterocycles. The van der Waals surface area contributed by atoms with Crippen LogP contribution in [-0.2, 0) is 4.79 Å². The van der Waals surface area contributed by atoms with E-state index < -0.39 is 0 Å². The van der Waals surface area contributed by atoms with E-state index in [1.807, 2.05) is 13.0 Å². The third kappa shape index (κ3) is 7.12. The van der Waals surface area contributed by atoms with Crippen LogP contribution in [0.5, 0.6) is 0 Å². The zero-order chi connectivity index (χ0) is 18.2. The van der Waals surface area contributed by atoms with E-state index >= 15 is 0 Å². The van der Waals surface area contributed by atoms with Crippen LogP contribution in [0.25, 0.3) is 0 Å². The van der Waals surface area contributed by atoms with Gasteiger partial charge in [-0.2, -0.15) is 0 Å².